The van der Waals surface area contributed by atoms with Crippen molar-refractivity contribution in [2.75, 3.05) is 13.1 Å². The zero-order chi connectivity index (χ0) is 12.1. The van der Waals surface area contributed by atoms with E-state index in [9.17, 15) is 5.11 Å². The van der Waals surface area contributed by atoms with Crippen molar-refractivity contribution >= 4 is 0 Å². The van der Waals surface area contributed by atoms with Gasteiger partial charge in [-0.3, -0.25) is 0 Å². The van der Waals surface area contributed by atoms with Gasteiger partial charge < -0.3 is 10.4 Å². The van der Waals surface area contributed by atoms with Gasteiger partial charge in [0.2, 0.25) is 0 Å². The molecule has 0 bridgehead atoms. The third-order valence-electron chi connectivity index (χ3n) is 3.86. The fourth-order valence-electron chi connectivity index (χ4n) is 2.35. The van der Waals surface area contributed by atoms with Gasteiger partial charge in [-0.1, -0.05) is 37.3 Å². The first kappa shape index (κ1) is 12.6. The average Bonchev–Trinajstić information content (AvgIpc) is 2.33. The first-order valence-electron chi connectivity index (χ1n) is 6.68. The molecule has 2 heteroatoms. The second kappa shape index (κ2) is 5.65. The zero-order valence-electron chi connectivity index (χ0n) is 10.7. The summed E-state index contributed by atoms with van der Waals surface area (Å²) in [5.74, 6) is 0.583. The summed E-state index contributed by atoms with van der Waals surface area (Å²) < 4.78 is 0. The van der Waals surface area contributed by atoms with Crippen LogP contribution < -0.4 is 5.32 Å². The number of hydrogen-bond acceptors (Lipinski definition) is 2. The predicted molar refractivity (Wildman–Crippen MR) is 71.1 cm³/mol. The Hall–Kier alpha value is -0.860. The maximum atomic E-state index is 9.93. The van der Waals surface area contributed by atoms with E-state index in [0.717, 1.165) is 32.4 Å². The maximum absolute atomic E-state index is 9.93. The van der Waals surface area contributed by atoms with Gasteiger partial charge in [-0.2, -0.15) is 0 Å². The molecule has 17 heavy (non-hydrogen) atoms. The highest BCUT2D eigenvalue weighted by atomic mass is 16.3. The van der Waals surface area contributed by atoms with Crippen LogP contribution in [0.1, 0.15) is 44.1 Å². The Morgan fingerprint density at radius 1 is 1.29 bits per heavy atom. The van der Waals surface area contributed by atoms with Crippen LogP contribution in [0, 0.1) is 0 Å². The van der Waals surface area contributed by atoms with Gasteiger partial charge in [0.1, 0.15) is 0 Å². The Bertz CT molecular complexity index is 332. The second-order valence-corrected chi connectivity index (χ2v) is 5.36. The average molecular weight is 233 g/mol. The molecule has 1 unspecified atom stereocenters. The van der Waals surface area contributed by atoms with Crippen LogP contribution >= 0.6 is 0 Å². The van der Waals surface area contributed by atoms with Gasteiger partial charge in [0.25, 0.3) is 0 Å². The molecule has 0 amide bonds. The minimum Gasteiger partial charge on any atom is -0.389 e. The Kier molecular flexibility index (Phi) is 4.19. The van der Waals surface area contributed by atoms with Gasteiger partial charge in [-0.15, -0.1) is 0 Å². The third-order valence-corrected chi connectivity index (χ3v) is 3.86. The van der Waals surface area contributed by atoms with E-state index in [1.54, 1.807) is 0 Å². The summed E-state index contributed by atoms with van der Waals surface area (Å²) in [6.45, 7) is 4.00. The zero-order valence-corrected chi connectivity index (χ0v) is 10.7. The molecule has 0 heterocycles. The molecule has 2 N–H and O–H groups in total. The monoisotopic (exact) mass is 233 g/mol. The second-order valence-electron chi connectivity index (χ2n) is 5.36. The number of rotatable bonds is 6. The highest BCUT2D eigenvalue weighted by Crippen LogP contribution is 2.30. The molecule has 0 saturated heterocycles. The molecule has 1 fully saturated rings. The summed E-state index contributed by atoms with van der Waals surface area (Å²) >= 11 is 0. The van der Waals surface area contributed by atoms with Crippen LogP contribution in [0.5, 0.6) is 0 Å². The van der Waals surface area contributed by atoms with Gasteiger partial charge in [-0.05, 0) is 43.7 Å². The topological polar surface area (TPSA) is 32.3 Å². The fourth-order valence-corrected chi connectivity index (χ4v) is 2.35. The van der Waals surface area contributed by atoms with Gasteiger partial charge >= 0.3 is 0 Å². The Morgan fingerprint density at radius 3 is 2.59 bits per heavy atom. The first-order valence-corrected chi connectivity index (χ1v) is 6.68. The van der Waals surface area contributed by atoms with Gasteiger partial charge in [0, 0.05) is 6.54 Å². The molecule has 1 aliphatic carbocycles. The number of aliphatic hydroxyl groups is 1. The molecule has 0 aromatic heterocycles. The van der Waals surface area contributed by atoms with Crippen molar-refractivity contribution in [2.24, 2.45) is 0 Å². The van der Waals surface area contributed by atoms with E-state index >= 15 is 0 Å². The summed E-state index contributed by atoms with van der Waals surface area (Å²) in [4.78, 5) is 0. The fraction of sp³-hybridized carbons (Fsp3) is 0.600. The molecule has 1 aromatic carbocycles. The largest absolute Gasteiger partial charge is 0.389 e. The lowest BCUT2D eigenvalue weighted by Gasteiger charge is -2.36. The summed E-state index contributed by atoms with van der Waals surface area (Å²) in [5.41, 5.74) is 1.01. The Labute approximate surface area is 104 Å². The van der Waals surface area contributed by atoms with Crippen molar-refractivity contribution in [1.29, 1.82) is 0 Å². The van der Waals surface area contributed by atoms with Crippen LogP contribution in [0.15, 0.2) is 30.3 Å². The van der Waals surface area contributed by atoms with Crippen LogP contribution in [0.3, 0.4) is 0 Å². The Balaban J connectivity index is 1.65. The number of benzene rings is 1. The van der Waals surface area contributed by atoms with E-state index in [0.29, 0.717) is 5.92 Å². The Morgan fingerprint density at radius 2 is 2.00 bits per heavy atom. The van der Waals surface area contributed by atoms with Crippen LogP contribution in [0.2, 0.25) is 0 Å². The van der Waals surface area contributed by atoms with E-state index in [-0.39, 0.29) is 0 Å². The van der Waals surface area contributed by atoms with Crippen molar-refractivity contribution in [3.8, 4) is 0 Å². The lowest BCUT2D eigenvalue weighted by molar-refractivity contribution is -0.0311. The minimum absolute atomic E-state index is 0.393. The van der Waals surface area contributed by atoms with E-state index in [1.807, 2.05) is 0 Å². The molecule has 0 radical (unpaired) electrons. The lowest BCUT2D eigenvalue weighted by atomic mass is 9.80. The van der Waals surface area contributed by atoms with Crippen LogP contribution in [-0.4, -0.2) is 23.8 Å². The summed E-state index contributed by atoms with van der Waals surface area (Å²) in [6.07, 6.45) is 4.24. The quantitative estimate of drug-likeness (QED) is 0.740. The molecule has 0 spiro atoms. The maximum Gasteiger partial charge on any atom is 0.0771 e. The van der Waals surface area contributed by atoms with E-state index in [1.165, 1.54) is 12.0 Å². The van der Waals surface area contributed by atoms with Crippen molar-refractivity contribution in [3.63, 3.8) is 0 Å². The van der Waals surface area contributed by atoms with Crippen molar-refractivity contribution in [1.82, 2.24) is 5.32 Å². The number of hydrogen-bond donors (Lipinski definition) is 2. The molecule has 1 saturated carbocycles. The standard InChI is InChI=1S/C15H23NO/c1-13(14-6-3-2-4-7-14)8-11-16-12-15(17)9-5-10-15/h2-4,6-7,13,16-17H,5,8-12H2,1H3. The minimum atomic E-state index is -0.393. The molecular weight excluding hydrogens is 210 g/mol. The number of nitrogens with one attached hydrogen (secondary N) is 1. The first-order chi connectivity index (χ1) is 8.20. The molecule has 1 aliphatic rings. The smallest absolute Gasteiger partial charge is 0.0771 e. The van der Waals surface area contributed by atoms with Crippen molar-refractivity contribution in [3.05, 3.63) is 35.9 Å². The summed E-state index contributed by atoms with van der Waals surface area (Å²) in [7, 11) is 0. The molecule has 2 nitrogen and oxygen atoms in total. The van der Waals surface area contributed by atoms with Gasteiger partial charge in [-0.25, -0.2) is 0 Å². The molecular formula is C15H23NO. The van der Waals surface area contributed by atoms with Gasteiger partial charge in [0.15, 0.2) is 0 Å². The molecule has 1 atom stereocenters. The highest BCUT2D eigenvalue weighted by molar-refractivity contribution is 5.18. The lowest BCUT2D eigenvalue weighted by Crippen LogP contribution is -2.46. The summed E-state index contributed by atoms with van der Waals surface area (Å²) in [6, 6.07) is 10.6. The van der Waals surface area contributed by atoms with E-state index < -0.39 is 5.60 Å². The molecule has 0 aliphatic heterocycles. The SMILES string of the molecule is CC(CCNCC1(O)CCC1)c1ccccc1. The summed E-state index contributed by atoms with van der Waals surface area (Å²) in [5, 5.41) is 13.3. The van der Waals surface area contributed by atoms with Gasteiger partial charge in [0.05, 0.1) is 5.60 Å². The molecule has 1 aromatic rings. The van der Waals surface area contributed by atoms with Crippen LogP contribution in [0.4, 0.5) is 0 Å². The van der Waals surface area contributed by atoms with Crippen molar-refractivity contribution < 1.29 is 5.11 Å². The third kappa shape index (κ3) is 3.55. The normalized spacial score (nSPS) is 19.6. The van der Waals surface area contributed by atoms with Crippen LogP contribution in [-0.2, 0) is 0 Å². The molecule has 94 valence electrons. The molecule has 2 rings (SSSR count). The van der Waals surface area contributed by atoms with Crippen molar-refractivity contribution in [2.45, 2.75) is 44.1 Å². The predicted octanol–water partition coefficient (Wildman–Crippen LogP) is 2.68. The van der Waals surface area contributed by atoms with E-state index in [4.69, 9.17) is 0 Å². The van der Waals surface area contributed by atoms with Crippen LogP contribution in [0.25, 0.3) is 0 Å². The highest BCUT2D eigenvalue weighted by Gasteiger charge is 2.33. The van der Waals surface area contributed by atoms with E-state index in [2.05, 4.69) is 42.6 Å².